The largest absolute Gasteiger partial charge is 0.481 e. The van der Waals surface area contributed by atoms with Crippen molar-refractivity contribution in [1.29, 1.82) is 0 Å². The molecule has 1 rings (SSSR count). The molecule has 7 heteroatoms. The van der Waals surface area contributed by atoms with Gasteiger partial charge in [-0.25, -0.2) is 4.79 Å². The van der Waals surface area contributed by atoms with Crippen molar-refractivity contribution in [2.24, 2.45) is 0 Å². The van der Waals surface area contributed by atoms with E-state index in [1.807, 2.05) is 11.8 Å². The van der Waals surface area contributed by atoms with Crippen LogP contribution in [0.5, 0.6) is 0 Å². The first-order valence-electron chi connectivity index (χ1n) is 6.47. The Balaban J connectivity index is 2.18. The number of hydrogen-bond acceptors (Lipinski definition) is 4. The molecule has 3 N–H and O–H groups in total. The summed E-state index contributed by atoms with van der Waals surface area (Å²) in [6.45, 7) is 6.95. The van der Waals surface area contributed by atoms with Crippen molar-refractivity contribution in [1.82, 2.24) is 15.5 Å². The number of nitrogens with one attached hydrogen (secondary N) is 2. The van der Waals surface area contributed by atoms with E-state index in [9.17, 15) is 9.59 Å². The smallest absolute Gasteiger partial charge is 0.315 e. The molecule has 2 amide bonds. The number of thioether (sulfide) groups is 1. The fourth-order valence-corrected chi connectivity index (χ4v) is 2.90. The van der Waals surface area contributed by atoms with Gasteiger partial charge in [-0.3, -0.25) is 9.69 Å². The molecule has 0 aliphatic carbocycles. The van der Waals surface area contributed by atoms with Gasteiger partial charge in [-0.1, -0.05) is 0 Å². The average Bonchev–Trinajstić information content (AvgIpc) is 2.27. The van der Waals surface area contributed by atoms with Gasteiger partial charge in [-0.05, 0) is 13.8 Å². The highest BCUT2D eigenvalue weighted by molar-refractivity contribution is 7.99. The highest BCUT2D eigenvalue weighted by Gasteiger charge is 2.23. The first-order chi connectivity index (χ1) is 8.89. The van der Waals surface area contributed by atoms with Crippen LogP contribution >= 0.6 is 11.8 Å². The van der Waals surface area contributed by atoms with Crippen LogP contribution in [0.3, 0.4) is 0 Å². The van der Waals surface area contributed by atoms with Gasteiger partial charge < -0.3 is 15.7 Å². The third-order valence-corrected chi connectivity index (χ3v) is 3.80. The van der Waals surface area contributed by atoms with Gasteiger partial charge in [0.25, 0.3) is 0 Å². The first kappa shape index (κ1) is 16.1. The molecule has 0 aromatic carbocycles. The molecule has 1 aliphatic rings. The second-order valence-corrected chi connectivity index (χ2v) is 6.51. The zero-order chi connectivity index (χ0) is 14.3. The monoisotopic (exact) mass is 289 g/mol. The van der Waals surface area contributed by atoms with Crippen LogP contribution in [0.4, 0.5) is 4.79 Å². The number of rotatable bonds is 6. The fraction of sp³-hybridized carbons (Fsp3) is 0.833. The van der Waals surface area contributed by atoms with Crippen molar-refractivity contribution in [2.45, 2.75) is 25.8 Å². The molecule has 1 fully saturated rings. The number of nitrogens with zero attached hydrogens (tertiary/aromatic N) is 1. The number of carbonyl (C=O) groups is 2. The van der Waals surface area contributed by atoms with E-state index in [-0.39, 0.29) is 12.5 Å². The van der Waals surface area contributed by atoms with Crippen molar-refractivity contribution in [3.63, 3.8) is 0 Å². The number of urea groups is 1. The minimum atomic E-state index is -0.920. The lowest BCUT2D eigenvalue weighted by Gasteiger charge is -2.27. The van der Waals surface area contributed by atoms with Gasteiger partial charge in [-0.2, -0.15) is 11.8 Å². The molecule has 1 saturated heterocycles. The SMILES string of the molecule is CC(C)(CC(=O)O)NC(=O)NCCN1CCSCC1. The summed E-state index contributed by atoms with van der Waals surface area (Å²) in [7, 11) is 0. The number of aliphatic carboxylic acids is 1. The molecule has 1 aliphatic heterocycles. The Morgan fingerprint density at radius 3 is 2.53 bits per heavy atom. The van der Waals surface area contributed by atoms with E-state index in [0.29, 0.717) is 6.54 Å². The van der Waals surface area contributed by atoms with E-state index in [0.717, 1.165) is 31.1 Å². The molecule has 0 spiro atoms. The van der Waals surface area contributed by atoms with E-state index in [2.05, 4.69) is 15.5 Å². The molecule has 1 heterocycles. The van der Waals surface area contributed by atoms with Gasteiger partial charge in [0.15, 0.2) is 0 Å². The van der Waals surface area contributed by atoms with Crippen molar-refractivity contribution >= 4 is 23.8 Å². The minimum absolute atomic E-state index is 0.0935. The lowest BCUT2D eigenvalue weighted by atomic mass is 10.0. The lowest BCUT2D eigenvalue weighted by Crippen LogP contribution is -2.50. The van der Waals surface area contributed by atoms with Crippen LogP contribution in [0.1, 0.15) is 20.3 Å². The molecule has 0 radical (unpaired) electrons. The quantitative estimate of drug-likeness (QED) is 0.666. The van der Waals surface area contributed by atoms with E-state index in [4.69, 9.17) is 5.11 Å². The summed E-state index contributed by atoms with van der Waals surface area (Å²) in [6.07, 6.45) is -0.0935. The van der Waals surface area contributed by atoms with Crippen LogP contribution in [0.25, 0.3) is 0 Å². The van der Waals surface area contributed by atoms with Gasteiger partial charge in [0.1, 0.15) is 0 Å². The second-order valence-electron chi connectivity index (χ2n) is 5.29. The average molecular weight is 289 g/mol. The minimum Gasteiger partial charge on any atom is -0.481 e. The van der Waals surface area contributed by atoms with Gasteiger partial charge in [0, 0.05) is 43.2 Å². The van der Waals surface area contributed by atoms with Crippen LogP contribution in [0, 0.1) is 0 Å². The van der Waals surface area contributed by atoms with E-state index in [1.54, 1.807) is 13.8 Å². The maximum absolute atomic E-state index is 11.6. The molecular formula is C12H23N3O3S. The summed E-state index contributed by atoms with van der Waals surface area (Å²) in [5.74, 6) is 1.38. The van der Waals surface area contributed by atoms with Crippen molar-refractivity contribution in [3.05, 3.63) is 0 Å². The topological polar surface area (TPSA) is 81.7 Å². The van der Waals surface area contributed by atoms with Gasteiger partial charge >= 0.3 is 12.0 Å². The second kappa shape index (κ2) is 7.59. The van der Waals surface area contributed by atoms with Gasteiger partial charge in [0.2, 0.25) is 0 Å². The molecule has 110 valence electrons. The Kier molecular flexibility index (Phi) is 6.44. The maximum atomic E-state index is 11.6. The highest BCUT2D eigenvalue weighted by Crippen LogP contribution is 2.08. The Labute approximate surface area is 118 Å². The number of amides is 2. The third-order valence-electron chi connectivity index (χ3n) is 2.86. The highest BCUT2D eigenvalue weighted by atomic mass is 32.2. The molecule has 0 atom stereocenters. The molecule has 0 aromatic heterocycles. The maximum Gasteiger partial charge on any atom is 0.315 e. The van der Waals surface area contributed by atoms with Crippen LogP contribution in [-0.4, -0.2) is 65.2 Å². The van der Waals surface area contributed by atoms with Crippen LogP contribution in [0.15, 0.2) is 0 Å². The number of carboxylic acids is 1. The van der Waals surface area contributed by atoms with Gasteiger partial charge in [-0.15, -0.1) is 0 Å². The number of carbonyl (C=O) groups excluding carboxylic acids is 1. The molecule has 0 unspecified atom stereocenters. The summed E-state index contributed by atoms with van der Waals surface area (Å²) < 4.78 is 0. The first-order valence-corrected chi connectivity index (χ1v) is 7.62. The summed E-state index contributed by atoms with van der Waals surface area (Å²) >= 11 is 1.95. The third kappa shape index (κ3) is 7.27. The zero-order valence-electron chi connectivity index (χ0n) is 11.6. The molecule has 0 saturated carbocycles. The Bertz CT molecular complexity index is 317. The van der Waals surface area contributed by atoms with Crippen LogP contribution in [-0.2, 0) is 4.79 Å². The molecule has 0 bridgehead atoms. The standard InChI is InChI=1S/C12H23N3O3S/c1-12(2,9-10(16)17)14-11(18)13-3-4-15-5-7-19-8-6-15/h3-9H2,1-2H3,(H,16,17)(H2,13,14,18). The van der Waals surface area contributed by atoms with Crippen LogP contribution in [0.2, 0.25) is 0 Å². The normalized spacial score (nSPS) is 16.9. The van der Waals surface area contributed by atoms with Crippen molar-refractivity contribution in [3.8, 4) is 0 Å². The Hall–Kier alpha value is -0.950. The van der Waals surface area contributed by atoms with E-state index < -0.39 is 11.5 Å². The molecular weight excluding hydrogens is 266 g/mol. The summed E-state index contributed by atoms with van der Waals surface area (Å²) in [5, 5.41) is 14.2. The number of hydrogen-bond donors (Lipinski definition) is 3. The molecule has 6 nitrogen and oxygen atoms in total. The summed E-state index contributed by atoms with van der Waals surface area (Å²) in [5.41, 5.74) is -0.738. The number of carboxylic acid groups (broad SMARTS) is 1. The Morgan fingerprint density at radius 2 is 1.95 bits per heavy atom. The predicted molar refractivity (Wildman–Crippen MR) is 76.6 cm³/mol. The van der Waals surface area contributed by atoms with Crippen molar-refractivity contribution in [2.75, 3.05) is 37.7 Å². The molecule has 19 heavy (non-hydrogen) atoms. The zero-order valence-corrected chi connectivity index (χ0v) is 12.4. The summed E-state index contributed by atoms with van der Waals surface area (Å²) in [4.78, 5) is 24.6. The predicted octanol–water partition coefficient (Wildman–Crippen LogP) is 0.588. The fourth-order valence-electron chi connectivity index (χ4n) is 1.93. The lowest BCUT2D eigenvalue weighted by molar-refractivity contribution is -0.138. The Morgan fingerprint density at radius 1 is 1.32 bits per heavy atom. The summed E-state index contributed by atoms with van der Waals surface area (Å²) in [6, 6.07) is -0.308. The van der Waals surface area contributed by atoms with E-state index in [1.165, 1.54) is 0 Å². The van der Waals surface area contributed by atoms with E-state index >= 15 is 0 Å². The van der Waals surface area contributed by atoms with Gasteiger partial charge in [0.05, 0.1) is 6.42 Å². The van der Waals surface area contributed by atoms with Crippen LogP contribution < -0.4 is 10.6 Å². The van der Waals surface area contributed by atoms with Crippen molar-refractivity contribution < 1.29 is 14.7 Å². The molecule has 0 aromatic rings.